The van der Waals surface area contributed by atoms with E-state index < -0.39 is 11.0 Å². The van der Waals surface area contributed by atoms with E-state index in [1.54, 1.807) is 0 Å². The van der Waals surface area contributed by atoms with Gasteiger partial charge in [0.25, 0.3) is 0 Å². The second-order valence-corrected chi connectivity index (χ2v) is 4.50. The Kier molecular flexibility index (Phi) is 1.89. The highest BCUT2D eigenvalue weighted by atomic mass is 32.2. The maximum Gasteiger partial charge on any atom is 0.119 e. The summed E-state index contributed by atoms with van der Waals surface area (Å²) in [6, 6.07) is 8.13. The van der Waals surface area contributed by atoms with Crippen LogP contribution in [0.15, 0.2) is 24.3 Å². The molecule has 0 fully saturated rings. The summed E-state index contributed by atoms with van der Waals surface area (Å²) >= 11 is 0. The minimum absolute atomic E-state index is 0.757. The zero-order chi connectivity index (χ0) is 8.55. The first-order chi connectivity index (χ1) is 5.79. The summed E-state index contributed by atoms with van der Waals surface area (Å²) in [7, 11) is 1.07. The molecule has 1 heterocycles. The summed E-state index contributed by atoms with van der Waals surface area (Å²) in [4.78, 5) is 0. The number of para-hydroxylation sites is 1. The second-order valence-electron chi connectivity index (χ2n) is 2.90. The van der Waals surface area contributed by atoms with Crippen LogP contribution in [0.1, 0.15) is 5.56 Å². The van der Waals surface area contributed by atoms with Gasteiger partial charge in [0.15, 0.2) is 0 Å². The Morgan fingerprint density at radius 3 is 3.00 bits per heavy atom. The average Bonchev–Trinajstić information content (AvgIpc) is 2.12. The van der Waals surface area contributed by atoms with Gasteiger partial charge in [0.1, 0.15) is 11.0 Å². The smallest absolute Gasteiger partial charge is 0.119 e. The van der Waals surface area contributed by atoms with Crippen molar-refractivity contribution in [1.29, 1.82) is 0 Å². The van der Waals surface area contributed by atoms with Crippen LogP contribution >= 0.6 is 0 Å². The summed E-state index contributed by atoms with van der Waals surface area (Å²) in [6.07, 6.45) is 0.938. The minimum Gasteiger partial charge on any atom is -0.295 e. The van der Waals surface area contributed by atoms with Gasteiger partial charge in [0, 0.05) is 12.8 Å². The first-order valence-electron chi connectivity index (χ1n) is 3.99. The molecule has 1 aliphatic rings. The highest BCUT2D eigenvalue weighted by molar-refractivity contribution is 7.86. The molecular weight excluding hydrogens is 170 g/mol. The Morgan fingerprint density at radius 1 is 1.42 bits per heavy atom. The van der Waals surface area contributed by atoms with E-state index in [-0.39, 0.29) is 0 Å². The number of nitrogens with zero attached hydrogens (tertiary/aromatic N) is 1. The van der Waals surface area contributed by atoms with E-state index in [0.717, 1.165) is 17.9 Å². The lowest BCUT2D eigenvalue weighted by Gasteiger charge is -2.25. The van der Waals surface area contributed by atoms with Crippen molar-refractivity contribution >= 4 is 16.7 Å². The molecule has 0 radical (unpaired) electrons. The largest absolute Gasteiger partial charge is 0.295 e. The Bertz CT molecular complexity index is 324. The number of rotatable bonds is 0. The zero-order valence-corrected chi connectivity index (χ0v) is 7.80. The number of hydrogen-bond acceptors (Lipinski definition) is 1. The second kappa shape index (κ2) is 2.90. The molecule has 12 heavy (non-hydrogen) atoms. The maximum absolute atomic E-state index is 11.4. The van der Waals surface area contributed by atoms with Crippen LogP contribution in [0.5, 0.6) is 0 Å². The molecule has 2 nitrogen and oxygen atoms in total. The molecular formula is C9H11NOS. The van der Waals surface area contributed by atoms with Crippen molar-refractivity contribution in [3.8, 4) is 0 Å². The summed E-state index contributed by atoms with van der Waals surface area (Å²) in [5.74, 6) is 0.757. The van der Waals surface area contributed by atoms with Crippen LogP contribution in [-0.4, -0.2) is 17.0 Å². The predicted molar refractivity (Wildman–Crippen MR) is 51.6 cm³/mol. The lowest BCUT2D eigenvalue weighted by atomic mass is 10.1. The molecule has 0 amide bonds. The molecule has 0 spiro atoms. The van der Waals surface area contributed by atoms with E-state index in [1.165, 1.54) is 5.56 Å². The molecule has 0 N–H and O–H groups in total. The highest BCUT2D eigenvalue weighted by Crippen LogP contribution is 2.25. The standard InChI is InChI=1S/C9H11NOS/c1-10-9-5-3-2-4-8(9)6-7-12(10)11/h2-5H,6-7H2,1H3. The average molecular weight is 181 g/mol. The van der Waals surface area contributed by atoms with Gasteiger partial charge in [-0.2, -0.15) is 0 Å². The number of fused-ring (bicyclic) bond motifs is 1. The summed E-state index contributed by atoms with van der Waals surface area (Å²) in [5.41, 5.74) is 2.42. The lowest BCUT2D eigenvalue weighted by Crippen LogP contribution is -2.28. The van der Waals surface area contributed by atoms with Crippen molar-refractivity contribution in [3.05, 3.63) is 29.8 Å². The van der Waals surface area contributed by atoms with Gasteiger partial charge in [-0.15, -0.1) is 0 Å². The van der Waals surface area contributed by atoms with E-state index in [0.29, 0.717) is 0 Å². The fourth-order valence-corrected chi connectivity index (χ4v) is 2.54. The summed E-state index contributed by atoms with van der Waals surface area (Å²) in [5, 5.41) is 0. The maximum atomic E-state index is 11.4. The number of anilines is 1. The molecule has 3 heteroatoms. The van der Waals surface area contributed by atoms with E-state index in [9.17, 15) is 4.21 Å². The molecule has 0 aliphatic carbocycles. The van der Waals surface area contributed by atoms with E-state index in [4.69, 9.17) is 0 Å². The van der Waals surface area contributed by atoms with Gasteiger partial charge < -0.3 is 0 Å². The first-order valence-corrected chi connectivity index (χ1v) is 5.27. The van der Waals surface area contributed by atoms with Gasteiger partial charge in [0.05, 0.1) is 5.69 Å². The molecule has 0 bridgehead atoms. The van der Waals surface area contributed by atoms with Crippen molar-refractivity contribution in [1.82, 2.24) is 0 Å². The molecule has 0 aromatic heterocycles. The normalized spacial score (nSPS) is 22.1. The van der Waals surface area contributed by atoms with Gasteiger partial charge in [-0.25, -0.2) is 4.21 Å². The van der Waals surface area contributed by atoms with Crippen LogP contribution in [0.3, 0.4) is 0 Å². The van der Waals surface area contributed by atoms with E-state index in [1.807, 2.05) is 29.6 Å². The molecule has 2 rings (SSSR count). The minimum atomic E-state index is -0.813. The molecule has 1 atom stereocenters. The Hall–Kier alpha value is -0.830. The van der Waals surface area contributed by atoms with Gasteiger partial charge in [-0.1, -0.05) is 18.2 Å². The van der Waals surface area contributed by atoms with Gasteiger partial charge in [0.2, 0.25) is 0 Å². The van der Waals surface area contributed by atoms with Crippen molar-refractivity contribution in [3.63, 3.8) is 0 Å². The van der Waals surface area contributed by atoms with E-state index >= 15 is 0 Å². The van der Waals surface area contributed by atoms with Crippen molar-refractivity contribution in [2.75, 3.05) is 17.1 Å². The van der Waals surface area contributed by atoms with Gasteiger partial charge in [-0.05, 0) is 18.1 Å². The number of aryl methyl sites for hydroxylation is 1. The molecule has 1 unspecified atom stereocenters. The monoisotopic (exact) mass is 181 g/mol. The van der Waals surface area contributed by atoms with E-state index in [2.05, 4.69) is 6.07 Å². The summed E-state index contributed by atoms with van der Waals surface area (Å²) < 4.78 is 13.2. The van der Waals surface area contributed by atoms with Crippen molar-refractivity contribution in [2.45, 2.75) is 6.42 Å². The Balaban J connectivity index is 2.48. The highest BCUT2D eigenvalue weighted by Gasteiger charge is 2.18. The summed E-state index contributed by atoms with van der Waals surface area (Å²) in [6.45, 7) is 0. The third-order valence-corrected chi connectivity index (χ3v) is 3.54. The van der Waals surface area contributed by atoms with Crippen LogP contribution in [0, 0.1) is 0 Å². The van der Waals surface area contributed by atoms with Crippen LogP contribution < -0.4 is 4.31 Å². The van der Waals surface area contributed by atoms with Crippen molar-refractivity contribution in [2.24, 2.45) is 0 Å². The fourth-order valence-electron chi connectivity index (χ4n) is 1.47. The molecule has 0 saturated heterocycles. The Morgan fingerprint density at radius 2 is 2.17 bits per heavy atom. The van der Waals surface area contributed by atoms with Crippen LogP contribution in [0.4, 0.5) is 5.69 Å². The van der Waals surface area contributed by atoms with Gasteiger partial charge >= 0.3 is 0 Å². The first kappa shape index (κ1) is 7.80. The molecule has 64 valence electrons. The quantitative estimate of drug-likeness (QED) is 0.591. The lowest BCUT2D eigenvalue weighted by molar-refractivity contribution is 0.679. The molecule has 1 aliphatic heterocycles. The third kappa shape index (κ3) is 1.14. The Labute approximate surface area is 74.8 Å². The molecule has 1 aromatic carbocycles. The number of benzene rings is 1. The van der Waals surface area contributed by atoms with Crippen LogP contribution in [-0.2, 0) is 17.4 Å². The predicted octanol–water partition coefficient (Wildman–Crippen LogP) is 1.34. The van der Waals surface area contributed by atoms with Crippen molar-refractivity contribution < 1.29 is 4.21 Å². The fraction of sp³-hybridized carbons (Fsp3) is 0.333. The van der Waals surface area contributed by atoms with Crippen LogP contribution in [0.2, 0.25) is 0 Å². The molecule has 1 aromatic rings. The zero-order valence-electron chi connectivity index (χ0n) is 6.99. The molecule has 0 saturated carbocycles. The SMILES string of the molecule is CN1c2ccccc2CCS1=O. The topological polar surface area (TPSA) is 20.3 Å². The van der Waals surface area contributed by atoms with Gasteiger partial charge in [-0.3, -0.25) is 4.31 Å². The number of hydrogen-bond donors (Lipinski definition) is 0. The van der Waals surface area contributed by atoms with Crippen LogP contribution in [0.25, 0.3) is 0 Å². The third-order valence-electron chi connectivity index (χ3n) is 2.18.